The summed E-state index contributed by atoms with van der Waals surface area (Å²) in [7, 11) is -4.54. The third kappa shape index (κ3) is 6.83. The molecule has 6 nitrogen and oxygen atoms in total. The molecule has 0 bridgehead atoms. The second kappa shape index (κ2) is 11.0. The highest BCUT2D eigenvalue weighted by molar-refractivity contribution is 7.87. The Kier molecular flexibility index (Phi) is 8.43. The van der Waals surface area contributed by atoms with Crippen molar-refractivity contribution in [3.63, 3.8) is 0 Å². The number of benzene rings is 3. The Bertz CT molecular complexity index is 1370. The SMILES string of the molecule is CC(C)N(Cc1cccc(OS(=O)(=O)c2cccc(C(F)(F)F)c2)c1)C(=O)Nc1cccc(Cl)c1Cl. The van der Waals surface area contributed by atoms with Gasteiger partial charge in [0.1, 0.15) is 10.6 Å². The van der Waals surface area contributed by atoms with Crippen LogP contribution in [0.25, 0.3) is 0 Å². The van der Waals surface area contributed by atoms with Gasteiger partial charge in [-0.25, -0.2) is 4.79 Å². The highest BCUT2D eigenvalue weighted by Crippen LogP contribution is 2.32. The molecule has 36 heavy (non-hydrogen) atoms. The van der Waals surface area contributed by atoms with E-state index in [1.807, 2.05) is 0 Å². The van der Waals surface area contributed by atoms with E-state index in [0.29, 0.717) is 17.3 Å². The van der Waals surface area contributed by atoms with Gasteiger partial charge in [0.2, 0.25) is 0 Å². The van der Waals surface area contributed by atoms with E-state index in [1.54, 1.807) is 38.1 Å². The predicted octanol–water partition coefficient (Wildman–Crippen LogP) is 7.22. The summed E-state index contributed by atoms with van der Waals surface area (Å²) in [5, 5.41) is 3.16. The molecule has 0 aliphatic rings. The van der Waals surface area contributed by atoms with E-state index in [-0.39, 0.29) is 28.4 Å². The minimum Gasteiger partial charge on any atom is -0.379 e. The highest BCUT2D eigenvalue weighted by atomic mass is 35.5. The van der Waals surface area contributed by atoms with Gasteiger partial charge in [-0.15, -0.1) is 0 Å². The van der Waals surface area contributed by atoms with Gasteiger partial charge < -0.3 is 14.4 Å². The van der Waals surface area contributed by atoms with Crippen LogP contribution in [0.1, 0.15) is 25.0 Å². The van der Waals surface area contributed by atoms with E-state index in [1.165, 1.54) is 23.1 Å². The van der Waals surface area contributed by atoms with Crippen molar-refractivity contribution in [3.05, 3.63) is 87.9 Å². The van der Waals surface area contributed by atoms with Gasteiger partial charge >= 0.3 is 22.3 Å². The first kappa shape index (κ1) is 27.6. The summed E-state index contributed by atoms with van der Waals surface area (Å²) in [5.74, 6) is -0.119. The van der Waals surface area contributed by atoms with E-state index < -0.39 is 32.8 Å². The molecule has 3 aromatic rings. The smallest absolute Gasteiger partial charge is 0.379 e. The zero-order chi connectivity index (χ0) is 26.7. The molecule has 2 amide bonds. The van der Waals surface area contributed by atoms with Crippen LogP contribution in [-0.4, -0.2) is 25.4 Å². The molecule has 0 aromatic heterocycles. The van der Waals surface area contributed by atoms with Crippen LogP contribution >= 0.6 is 23.2 Å². The molecule has 0 fully saturated rings. The number of hydrogen-bond donors (Lipinski definition) is 1. The van der Waals surface area contributed by atoms with Crippen LogP contribution in [0.5, 0.6) is 5.75 Å². The normalized spacial score (nSPS) is 11.9. The summed E-state index contributed by atoms with van der Waals surface area (Å²) >= 11 is 12.1. The Morgan fingerprint density at radius 2 is 1.69 bits per heavy atom. The summed E-state index contributed by atoms with van der Waals surface area (Å²) < 4.78 is 69.2. The van der Waals surface area contributed by atoms with Gasteiger partial charge in [-0.3, -0.25) is 0 Å². The van der Waals surface area contributed by atoms with Crippen molar-refractivity contribution >= 4 is 45.0 Å². The number of alkyl halides is 3. The van der Waals surface area contributed by atoms with Crippen LogP contribution in [-0.2, 0) is 22.8 Å². The largest absolute Gasteiger partial charge is 0.416 e. The summed E-state index contributed by atoms with van der Waals surface area (Å²) in [6.45, 7) is 3.65. The first-order valence-electron chi connectivity index (χ1n) is 10.5. The number of nitrogens with one attached hydrogen (secondary N) is 1. The standard InChI is InChI=1S/C24H21Cl2F3N2O4S/c1-15(2)31(23(32)30-21-11-5-10-20(25)22(21)26)14-16-6-3-8-18(12-16)35-36(33,34)19-9-4-7-17(13-19)24(27,28)29/h3-13,15H,14H2,1-2H3,(H,30,32). The average Bonchev–Trinajstić information content (AvgIpc) is 2.80. The Balaban J connectivity index is 1.79. The summed E-state index contributed by atoms with van der Waals surface area (Å²) in [6.07, 6.45) is -4.71. The zero-order valence-electron chi connectivity index (χ0n) is 19.0. The molecule has 0 saturated carbocycles. The predicted molar refractivity (Wildman–Crippen MR) is 132 cm³/mol. The lowest BCUT2D eigenvalue weighted by Crippen LogP contribution is -2.39. The second-order valence-electron chi connectivity index (χ2n) is 7.96. The van der Waals surface area contributed by atoms with E-state index >= 15 is 0 Å². The first-order valence-corrected chi connectivity index (χ1v) is 12.7. The van der Waals surface area contributed by atoms with E-state index in [0.717, 1.165) is 18.2 Å². The lowest BCUT2D eigenvalue weighted by Gasteiger charge is -2.27. The van der Waals surface area contributed by atoms with Gasteiger partial charge in [-0.1, -0.05) is 47.5 Å². The first-order chi connectivity index (χ1) is 16.8. The maximum Gasteiger partial charge on any atom is 0.416 e. The number of urea groups is 1. The van der Waals surface area contributed by atoms with Crippen molar-refractivity contribution in [2.45, 2.75) is 37.5 Å². The van der Waals surface area contributed by atoms with Crippen LogP contribution in [0.15, 0.2) is 71.6 Å². The van der Waals surface area contributed by atoms with Crippen molar-refractivity contribution in [2.24, 2.45) is 0 Å². The van der Waals surface area contributed by atoms with Gasteiger partial charge in [-0.2, -0.15) is 21.6 Å². The monoisotopic (exact) mass is 560 g/mol. The van der Waals surface area contributed by atoms with Crippen LogP contribution in [0.3, 0.4) is 0 Å². The Morgan fingerprint density at radius 3 is 2.36 bits per heavy atom. The van der Waals surface area contributed by atoms with Crippen LogP contribution in [0, 0.1) is 0 Å². The lowest BCUT2D eigenvalue weighted by atomic mass is 10.2. The molecule has 192 valence electrons. The maximum atomic E-state index is 13.0. The Labute approximate surface area is 216 Å². The summed E-state index contributed by atoms with van der Waals surface area (Å²) in [6, 6.07) is 13.2. The number of nitrogens with zero attached hydrogens (tertiary/aromatic N) is 1. The molecule has 0 spiro atoms. The molecule has 12 heteroatoms. The van der Waals surface area contributed by atoms with Crippen molar-refractivity contribution in [1.82, 2.24) is 4.90 Å². The molecule has 0 aliphatic carbocycles. The van der Waals surface area contributed by atoms with Gasteiger partial charge in [0.15, 0.2) is 0 Å². The van der Waals surface area contributed by atoms with Crippen LogP contribution in [0.4, 0.5) is 23.7 Å². The van der Waals surface area contributed by atoms with Crippen LogP contribution < -0.4 is 9.50 Å². The fourth-order valence-electron chi connectivity index (χ4n) is 3.17. The minimum atomic E-state index is -4.71. The number of carbonyl (C=O) groups excluding carboxylic acids is 1. The molecule has 3 aromatic carbocycles. The van der Waals surface area contributed by atoms with E-state index in [4.69, 9.17) is 27.4 Å². The third-order valence-corrected chi connectivity index (χ3v) is 7.05. The Hall–Kier alpha value is -2.95. The molecular weight excluding hydrogens is 540 g/mol. The zero-order valence-corrected chi connectivity index (χ0v) is 21.3. The molecular formula is C24H21Cl2F3N2O4S. The Morgan fingerprint density at radius 1 is 1.03 bits per heavy atom. The quantitative estimate of drug-likeness (QED) is 0.309. The van der Waals surface area contributed by atoms with Crippen molar-refractivity contribution in [3.8, 4) is 5.75 Å². The minimum absolute atomic E-state index is 0.0719. The van der Waals surface area contributed by atoms with Gasteiger partial charge in [-0.05, 0) is 61.9 Å². The number of rotatable bonds is 7. The number of anilines is 1. The fourth-order valence-corrected chi connectivity index (χ4v) is 4.49. The molecule has 0 saturated heterocycles. The maximum absolute atomic E-state index is 13.0. The lowest BCUT2D eigenvalue weighted by molar-refractivity contribution is -0.137. The number of amides is 2. The summed E-state index contributed by atoms with van der Waals surface area (Å²) in [5.41, 5.74) is -0.267. The molecule has 0 radical (unpaired) electrons. The molecule has 0 unspecified atom stereocenters. The molecule has 0 aliphatic heterocycles. The van der Waals surface area contributed by atoms with Crippen molar-refractivity contribution in [1.29, 1.82) is 0 Å². The van der Waals surface area contributed by atoms with Crippen molar-refractivity contribution in [2.75, 3.05) is 5.32 Å². The number of halogens is 5. The van der Waals surface area contributed by atoms with Gasteiger partial charge in [0.25, 0.3) is 0 Å². The third-order valence-electron chi connectivity index (χ3n) is 4.98. The molecule has 0 atom stereocenters. The molecule has 1 N–H and O–H groups in total. The summed E-state index contributed by atoms with van der Waals surface area (Å²) in [4.78, 5) is 13.8. The number of carbonyl (C=O) groups is 1. The van der Waals surface area contributed by atoms with Crippen LogP contribution in [0.2, 0.25) is 10.0 Å². The average molecular weight is 561 g/mol. The van der Waals surface area contributed by atoms with Crippen molar-refractivity contribution < 1.29 is 30.6 Å². The fraction of sp³-hybridized carbons (Fsp3) is 0.208. The van der Waals surface area contributed by atoms with E-state index in [9.17, 15) is 26.4 Å². The van der Waals surface area contributed by atoms with E-state index in [2.05, 4.69) is 5.32 Å². The van der Waals surface area contributed by atoms with Gasteiger partial charge in [0.05, 0.1) is 21.3 Å². The second-order valence-corrected chi connectivity index (χ2v) is 10.3. The highest BCUT2D eigenvalue weighted by Gasteiger charge is 2.32. The molecule has 0 heterocycles. The molecule has 3 rings (SSSR count). The number of hydrogen-bond acceptors (Lipinski definition) is 4. The van der Waals surface area contributed by atoms with Gasteiger partial charge in [0, 0.05) is 12.6 Å². The topological polar surface area (TPSA) is 75.7 Å².